The van der Waals surface area contributed by atoms with Gasteiger partial charge in [-0.25, -0.2) is 0 Å². The molecule has 0 aliphatic heterocycles. The number of hydrogen-bond donors (Lipinski definition) is 2. The van der Waals surface area contributed by atoms with Crippen LogP contribution in [0.15, 0.2) is 18.5 Å². The number of aliphatic hydroxyl groups excluding tert-OH is 1. The minimum Gasteiger partial charge on any atom is -0.391 e. The summed E-state index contributed by atoms with van der Waals surface area (Å²) in [4.78, 5) is 15.9. The van der Waals surface area contributed by atoms with Gasteiger partial charge in [-0.05, 0) is 18.9 Å². The zero-order chi connectivity index (χ0) is 13.0. The molecule has 1 amide bonds. The van der Waals surface area contributed by atoms with Gasteiger partial charge in [0.25, 0.3) is 5.91 Å². The monoisotopic (exact) mass is 268 g/mol. The summed E-state index contributed by atoms with van der Waals surface area (Å²) < 4.78 is 0. The van der Waals surface area contributed by atoms with Crippen LogP contribution in [0.1, 0.15) is 42.5 Å². The van der Waals surface area contributed by atoms with Gasteiger partial charge in [-0.1, -0.05) is 30.9 Å². The summed E-state index contributed by atoms with van der Waals surface area (Å²) in [5, 5.41) is 13.2. The van der Waals surface area contributed by atoms with Crippen LogP contribution in [-0.2, 0) is 0 Å². The molecule has 2 unspecified atom stereocenters. The maximum atomic E-state index is 12.1. The highest BCUT2D eigenvalue weighted by molar-refractivity contribution is 6.33. The Bertz CT molecular complexity index is 425. The smallest absolute Gasteiger partial charge is 0.253 e. The van der Waals surface area contributed by atoms with Crippen LogP contribution in [0, 0.1) is 0 Å². The summed E-state index contributed by atoms with van der Waals surface area (Å²) in [5.74, 6) is -0.242. The zero-order valence-corrected chi connectivity index (χ0v) is 10.9. The summed E-state index contributed by atoms with van der Waals surface area (Å²) in [7, 11) is 0. The van der Waals surface area contributed by atoms with E-state index >= 15 is 0 Å². The number of carbonyl (C=O) groups excluding carboxylic acids is 1. The SMILES string of the molecule is O=C(NC1CCCCCC1O)c1ccncc1Cl. The predicted molar refractivity (Wildman–Crippen MR) is 69.6 cm³/mol. The number of nitrogens with one attached hydrogen (secondary N) is 1. The standard InChI is InChI=1S/C13H17ClN2O2/c14-10-8-15-7-6-9(10)13(18)16-11-4-2-1-3-5-12(11)17/h6-8,11-12,17H,1-5H2,(H,16,18). The van der Waals surface area contributed by atoms with Crippen LogP contribution in [-0.4, -0.2) is 28.1 Å². The number of amides is 1. The molecule has 1 aliphatic carbocycles. The molecular weight excluding hydrogens is 252 g/mol. The van der Waals surface area contributed by atoms with E-state index in [4.69, 9.17) is 11.6 Å². The van der Waals surface area contributed by atoms with E-state index in [1.165, 1.54) is 12.4 Å². The second-order valence-corrected chi connectivity index (χ2v) is 5.05. The van der Waals surface area contributed by atoms with Crippen molar-refractivity contribution in [2.24, 2.45) is 0 Å². The number of halogens is 1. The van der Waals surface area contributed by atoms with E-state index in [0.717, 1.165) is 32.1 Å². The topological polar surface area (TPSA) is 62.2 Å². The fourth-order valence-electron chi connectivity index (χ4n) is 2.26. The van der Waals surface area contributed by atoms with Crippen LogP contribution < -0.4 is 5.32 Å². The van der Waals surface area contributed by atoms with E-state index in [1.54, 1.807) is 6.07 Å². The van der Waals surface area contributed by atoms with Crippen LogP contribution in [0.2, 0.25) is 5.02 Å². The largest absolute Gasteiger partial charge is 0.391 e. The number of rotatable bonds is 2. The third-order valence-electron chi connectivity index (χ3n) is 3.31. The van der Waals surface area contributed by atoms with Crippen molar-refractivity contribution in [2.45, 2.75) is 44.2 Å². The highest BCUT2D eigenvalue weighted by Crippen LogP contribution is 2.19. The van der Waals surface area contributed by atoms with E-state index in [-0.39, 0.29) is 11.9 Å². The van der Waals surface area contributed by atoms with Crippen molar-refractivity contribution in [3.05, 3.63) is 29.0 Å². The van der Waals surface area contributed by atoms with Gasteiger partial charge in [-0.3, -0.25) is 9.78 Å². The van der Waals surface area contributed by atoms with E-state index in [1.807, 2.05) is 0 Å². The molecule has 2 rings (SSSR count). The lowest BCUT2D eigenvalue weighted by atomic mass is 10.1. The van der Waals surface area contributed by atoms with Gasteiger partial charge in [-0.2, -0.15) is 0 Å². The lowest BCUT2D eigenvalue weighted by Crippen LogP contribution is -2.42. The summed E-state index contributed by atoms with van der Waals surface area (Å²) >= 11 is 5.92. The van der Waals surface area contributed by atoms with E-state index < -0.39 is 6.10 Å². The molecule has 1 aromatic rings. The summed E-state index contributed by atoms with van der Waals surface area (Å²) in [6.45, 7) is 0. The molecule has 0 radical (unpaired) electrons. The number of hydrogen-bond acceptors (Lipinski definition) is 3. The lowest BCUT2D eigenvalue weighted by molar-refractivity contribution is 0.0819. The molecule has 0 bridgehead atoms. The maximum Gasteiger partial charge on any atom is 0.253 e. The molecule has 1 heterocycles. The fourth-order valence-corrected chi connectivity index (χ4v) is 2.47. The normalized spacial score (nSPS) is 24.3. The van der Waals surface area contributed by atoms with E-state index in [9.17, 15) is 9.90 Å². The van der Waals surface area contributed by atoms with Gasteiger partial charge in [0.2, 0.25) is 0 Å². The van der Waals surface area contributed by atoms with Gasteiger partial charge in [0.15, 0.2) is 0 Å². The average Bonchev–Trinajstić information content (AvgIpc) is 2.55. The number of pyridine rings is 1. The average molecular weight is 269 g/mol. The molecule has 4 nitrogen and oxygen atoms in total. The molecule has 1 aliphatic rings. The van der Waals surface area contributed by atoms with Gasteiger partial charge < -0.3 is 10.4 Å². The first-order valence-corrected chi connectivity index (χ1v) is 6.64. The molecule has 0 spiro atoms. The van der Waals surface area contributed by atoms with Gasteiger partial charge in [0.05, 0.1) is 22.7 Å². The number of aliphatic hydroxyl groups is 1. The Morgan fingerprint density at radius 3 is 2.94 bits per heavy atom. The molecule has 0 aromatic carbocycles. The van der Waals surface area contributed by atoms with Crippen LogP contribution >= 0.6 is 11.6 Å². The van der Waals surface area contributed by atoms with Crippen molar-refractivity contribution in [3.8, 4) is 0 Å². The summed E-state index contributed by atoms with van der Waals surface area (Å²) in [6, 6.07) is 1.41. The Hall–Kier alpha value is -1.13. The van der Waals surface area contributed by atoms with Crippen molar-refractivity contribution in [2.75, 3.05) is 0 Å². The molecular formula is C13H17ClN2O2. The van der Waals surface area contributed by atoms with Gasteiger partial charge in [0.1, 0.15) is 0 Å². The predicted octanol–water partition coefficient (Wildman–Crippen LogP) is 2.16. The molecule has 18 heavy (non-hydrogen) atoms. The van der Waals surface area contributed by atoms with Crippen molar-refractivity contribution >= 4 is 17.5 Å². The summed E-state index contributed by atoms with van der Waals surface area (Å²) in [5.41, 5.74) is 0.406. The molecule has 2 N–H and O–H groups in total. The first kappa shape index (κ1) is 13.3. The van der Waals surface area contributed by atoms with E-state index in [2.05, 4.69) is 10.3 Å². The zero-order valence-electron chi connectivity index (χ0n) is 10.1. The quantitative estimate of drug-likeness (QED) is 0.808. The highest BCUT2D eigenvalue weighted by Gasteiger charge is 2.24. The molecule has 1 saturated carbocycles. The first-order chi connectivity index (χ1) is 8.68. The molecule has 1 fully saturated rings. The highest BCUT2D eigenvalue weighted by atomic mass is 35.5. The second kappa shape index (κ2) is 6.16. The molecule has 98 valence electrons. The summed E-state index contributed by atoms with van der Waals surface area (Å²) in [6.07, 6.45) is 7.24. The van der Waals surface area contributed by atoms with Crippen LogP contribution in [0.25, 0.3) is 0 Å². The molecule has 1 aromatic heterocycles. The number of carbonyl (C=O) groups is 1. The second-order valence-electron chi connectivity index (χ2n) is 4.64. The van der Waals surface area contributed by atoms with E-state index in [0.29, 0.717) is 10.6 Å². The van der Waals surface area contributed by atoms with Gasteiger partial charge in [-0.15, -0.1) is 0 Å². The van der Waals surface area contributed by atoms with Crippen LogP contribution in [0.5, 0.6) is 0 Å². The van der Waals surface area contributed by atoms with Crippen molar-refractivity contribution < 1.29 is 9.90 Å². The molecule has 5 heteroatoms. The maximum absolute atomic E-state index is 12.1. The van der Waals surface area contributed by atoms with Crippen LogP contribution in [0.3, 0.4) is 0 Å². The Balaban J connectivity index is 2.04. The van der Waals surface area contributed by atoms with Crippen molar-refractivity contribution in [1.82, 2.24) is 10.3 Å². The lowest BCUT2D eigenvalue weighted by Gasteiger charge is -2.21. The minimum atomic E-state index is -0.461. The van der Waals surface area contributed by atoms with Crippen molar-refractivity contribution in [3.63, 3.8) is 0 Å². The number of aromatic nitrogens is 1. The third-order valence-corrected chi connectivity index (χ3v) is 3.61. The third kappa shape index (κ3) is 3.21. The Kier molecular flexibility index (Phi) is 4.55. The molecule has 2 atom stereocenters. The number of nitrogens with zero attached hydrogens (tertiary/aromatic N) is 1. The van der Waals surface area contributed by atoms with Gasteiger partial charge >= 0.3 is 0 Å². The Morgan fingerprint density at radius 1 is 1.39 bits per heavy atom. The van der Waals surface area contributed by atoms with Crippen LogP contribution in [0.4, 0.5) is 0 Å². The first-order valence-electron chi connectivity index (χ1n) is 6.27. The Labute approximate surface area is 111 Å². The van der Waals surface area contributed by atoms with Crippen molar-refractivity contribution in [1.29, 1.82) is 0 Å². The Morgan fingerprint density at radius 2 is 2.17 bits per heavy atom. The molecule has 0 saturated heterocycles. The fraction of sp³-hybridized carbons (Fsp3) is 0.538. The van der Waals surface area contributed by atoms with Gasteiger partial charge in [0, 0.05) is 12.4 Å². The minimum absolute atomic E-state index is 0.177.